The van der Waals surface area contributed by atoms with E-state index in [9.17, 15) is 4.79 Å². The highest BCUT2D eigenvalue weighted by Gasteiger charge is 2.23. The number of carbonyl (C=O) groups excluding carboxylic acids is 1. The van der Waals surface area contributed by atoms with Gasteiger partial charge in [0.05, 0.1) is 15.7 Å². The summed E-state index contributed by atoms with van der Waals surface area (Å²) in [7, 11) is 0. The zero-order valence-electron chi connectivity index (χ0n) is 10.9. The number of anilines is 1. The number of rotatable bonds is 3. The lowest BCUT2D eigenvalue weighted by molar-refractivity contribution is 0.0927. The topological polar surface area (TPSA) is 55.1 Å². The number of nitrogen functional groups attached to an aromatic ring is 1. The molecule has 1 amide bonds. The van der Waals surface area contributed by atoms with Crippen LogP contribution in [0.25, 0.3) is 0 Å². The van der Waals surface area contributed by atoms with Gasteiger partial charge in [-0.15, -0.1) is 0 Å². The lowest BCUT2D eigenvalue weighted by Gasteiger charge is -2.20. The van der Waals surface area contributed by atoms with Crippen molar-refractivity contribution in [3.63, 3.8) is 0 Å². The maximum atomic E-state index is 12.2. The molecule has 104 valence electrons. The number of amides is 1. The van der Waals surface area contributed by atoms with Gasteiger partial charge in [0.15, 0.2) is 0 Å². The van der Waals surface area contributed by atoms with Crippen molar-refractivity contribution in [2.24, 2.45) is 5.92 Å². The third-order valence-corrected chi connectivity index (χ3v) is 4.43. The molecule has 0 bridgehead atoms. The van der Waals surface area contributed by atoms with Crippen LogP contribution in [-0.2, 0) is 0 Å². The first kappa shape index (κ1) is 14.5. The van der Waals surface area contributed by atoms with Crippen molar-refractivity contribution in [1.82, 2.24) is 5.32 Å². The van der Waals surface area contributed by atoms with Crippen molar-refractivity contribution in [1.29, 1.82) is 0 Å². The van der Waals surface area contributed by atoms with Gasteiger partial charge in [0.2, 0.25) is 0 Å². The molecule has 0 saturated heterocycles. The molecule has 1 aliphatic carbocycles. The van der Waals surface area contributed by atoms with Gasteiger partial charge < -0.3 is 11.1 Å². The Labute approximate surface area is 123 Å². The number of nitrogens with two attached hydrogens (primary N) is 1. The third-order valence-electron chi connectivity index (χ3n) is 3.81. The van der Waals surface area contributed by atoms with Crippen LogP contribution in [0.5, 0.6) is 0 Å². The predicted molar refractivity (Wildman–Crippen MR) is 79.8 cm³/mol. The Morgan fingerprint density at radius 3 is 2.37 bits per heavy atom. The first-order chi connectivity index (χ1) is 8.99. The van der Waals surface area contributed by atoms with Crippen LogP contribution in [0.1, 0.15) is 43.0 Å². The van der Waals surface area contributed by atoms with E-state index in [2.05, 4.69) is 12.2 Å². The average molecular weight is 301 g/mol. The van der Waals surface area contributed by atoms with Crippen molar-refractivity contribution in [3.8, 4) is 0 Å². The van der Waals surface area contributed by atoms with Crippen LogP contribution in [0, 0.1) is 5.92 Å². The van der Waals surface area contributed by atoms with Gasteiger partial charge in [0, 0.05) is 11.6 Å². The van der Waals surface area contributed by atoms with Gasteiger partial charge in [-0.25, -0.2) is 0 Å². The van der Waals surface area contributed by atoms with E-state index in [1.807, 2.05) is 0 Å². The van der Waals surface area contributed by atoms with E-state index in [0.29, 0.717) is 27.2 Å². The minimum absolute atomic E-state index is 0.150. The highest BCUT2D eigenvalue weighted by atomic mass is 35.5. The van der Waals surface area contributed by atoms with Gasteiger partial charge in [-0.3, -0.25) is 4.79 Å². The molecule has 1 unspecified atom stereocenters. The van der Waals surface area contributed by atoms with Gasteiger partial charge in [-0.2, -0.15) is 0 Å². The Bertz CT molecular complexity index is 461. The number of halogens is 2. The van der Waals surface area contributed by atoms with E-state index in [4.69, 9.17) is 28.9 Å². The molecule has 19 heavy (non-hydrogen) atoms. The maximum Gasteiger partial charge on any atom is 0.251 e. The number of benzene rings is 1. The summed E-state index contributed by atoms with van der Waals surface area (Å²) in [5, 5.41) is 3.64. The van der Waals surface area contributed by atoms with Crippen molar-refractivity contribution >= 4 is 34.8 Å². The molecule has 1 atom stereocenters. The largest absolute Gasteiger partial charge is 0.396 e. The smallest absolute Gasteiger partial charge is 0.251 e. The molecule has 0 radical (unpaired) electrons. The first-order valence-electron chi connectivity index (χ1n) is 6.54. The van der Waals surface area contributed by atoms with Crippen molar-refractivity contribution in [2.75, 3.05) is 5.73 Å². The van der Waals surface area contributed by atoms with Crippen LogP contribution in [-0.4, -0.2) is 11.9 Å². The van der Waals surface area contributed by atoms with Crippen molar-refractivity contribution in [2.45, 2.75) is 38.6 Å². The summed E-state index contributed by atoms with van der Waals surface area (Å²) in [6.07, 6.45) is 4.88. The molecular formula is C14H18Cl2N2O. The lowest BCUT2D eigenvalue weighted by Crippen LogP contribution is -2.37. The normalized spacial score (nSPS) is 17.4. The monoisotopic (exact) mass is 300 g/mol. The number of hydrogen-bond acceptors (Lipinski definition) is 2. The van der Waals surface area contributed by atoms with Gasteiger partial charge >= 0.3 is 0 Å². The lowest BCUT2D eigenvalue weighted by atomic mass is 9.99. The maximum absolute atomic E-state index is 12.2. The number of hydrogen-bond donors (Lipinski definition) is 2. The highest BCUT2D eigenvalue weighted by molar-refractivity contribution is 6.39. The molecule has 0 aromatic heterocycles. The van der Waals surface area contributed by atoms with E-state index in [1.54, 1.807) is 12.1 Å². The molecule has 0 heterocycles. The second-order valence-electron chi connectivity index (χ2n) is 5.16. The first-order valence-corrected chi connectivity index (χ1v) is 7.30. The minimum atomic E-state index is -0.150. The van der Waals surface area contributed by atoms with E-state index in [1.165, 1.54) is 25.7 Å². The van der Waals surface area contributed by atoms with Gasteiger partial charge in [0.25, 0.3) is 5.91 Å². The van der Waals surface area contributed by atoms with Crippen LogP contribution < -0.4 is 11.1 Å². The average Bonchev–Trinajstić information content (AvgIpc) is 2.89. The molecule has 1 aliphatic rings. The standard InChI is InChI=1S/C14H18Cl2N2O/c1-8(9-4-2-3-5-9)18-14(19)10-6-11(15)13(17)12(16)7-10/h6-9H,2-5,17H2,1H3,(H,18,19). The molecule has 3 nitrogen and oxygen atoms in total. The number of carbonyl (C=O) groups is 1. The van der Waals surface area contributed by atoms with Gasteiger partial charge in [-0.1, -0.05) is 36.0 Å². The number of nitrogens with one attached hydrogen (secondary N) is 1. The Kier molecular flexibility index (Phi) is 4.58. The molecule has 0 aliphatic heterocycles. The fourth-order valence-electron chi connectivity index (χ4n) is 2.58. The Balaban J connectivity index is 2.07. The second-order valence-corrected chi connectivity index (χ2v) is 5.97. The van der Waals surface area contributed by atoms with Crippen LogP contribution in [0.4, 0.5) is 5.69 Å². The molecule has 1 aromatic carbocycles. The third kappa shape index (κ3) is 3.34. The van der Waals surface area contributed by atoms with Crippen molar-refractivity contribution < 1.29 is 4.79 Å². The van der Waals surface area contributed by atoms with Gasteiger partial charge in [-0.05, 0) is 37.8 Å². The van der Waals surface area contributed by atoms with Crippen LogP contribution in [0.3, 0.4) is 0 Å². The van der Waals surface area contributed by atoms with E-state index in [0.717, 1.165) is 0 Å². The van der Waals surface area contributed by atoms with E-state index < -0.39 is 0 Å². The SMILES string of the molecule is CC(NC(=O)c1cc(Cl)c(N)c(Cl)c1)C1CCCC1. The molecule has 1 fully saturated rings. The second kappa shape index (κ2) is 6.02. The summed E-state index contributed by atoms with van der Waals surface area (Å²) in [5.41, 5.74) is 6.42. The van der Waals surface area contributed by atoms with Crippen LogP contribution >= 0.6 is 23.2 Å². The van der Waals surface area contributed by atoms with Crippen LogP contribution in [0.2, 0.25) is 10.0 Å². The van der Waals surface area contributed by atoms with E-state index >= 15 is 0 Å². The summed E-state index contributed by atoms with van der Waals surface area (Å²) in [6, 6.07) is 3.28. The Morgan fingerprint density at radius 1 is 1.32 bits per heavy atom. The predicted octanol–water partition coefficient (Wildman–Crippen LogP) is 3.88. The molecule has 1 aromatic rings. The summed E-state index contributed by atoms with van der Waals surface area (Å²) in [4.78, 5) is 12.2. The quantitative estimate of drug-likeness (QED) is 0.832. The summed E-state index contributed by atoms with van der Waals surface area (Å²) in [6.45, 7) is 2.05. The summed E-state index contributed by atoms with van der Waals surface area (Å²) in [5.74, 6) is 0.423. The van der Waals surface area contributed by atoms with E-state index in [-0.39, 0.29) is 11.9 Å². The molecule has 5 heteroatoms. The van der Waals surface area contributed by atoms with Crippen LogP contribution in [0.15, 0.2) is 12.1 Å². The minimum Gasteiger partial charge on any atom is -0.396 e. The van der Waals surface area contributed by atoms with Gasteiger partial charge in [0.1, 0.15) is 0 Å². The van der Waals surface area contributed by atoms with Crippen molar-refractivity contribution in [3.05, 3.63) is 27.7 Å². The molecular weight excluding hydrogens is 283 g/mol. The summed E-state index contributed by atoms with van der Waals surface area (Å²) >= 11 is 11.9. The fraction of sp³-hybridized carbons (Fsp3) is 0.500. The molecule has 2 rings (SSSR count). The summed E-state index contributed by atoms with van der Waals surface area (Å²) < 4.78 is 0. The Hall–Kier alpha value is -0.930. The molecule has 1 saturated carbocycles. The fourth-order valence-corrected chi connectivity index (χ4v) is 3.07. The molecule has 3 N–H and O–H groups in total. The highest BCUT2D eigenvalue weighted by Crippen LogP contribution is 2.30. The molecule has 0 spiro atoms. The Morgan fingerprint density at radius 2 is 1.84 bits per heavy atom. The zero-order valence-corrected chi connectivity index (χ0v) is 12.4. The zero-order chi connectivity index (χ0) is 14.0.